The smallest absolute Gasteiger partial charge is 0.241 e. The first-order chi connectivity index (χ1) is 8.83. The van der Waals surface area contributed by atoms with E-state index < -0.39 is 10.0 Å². The van der Waals surface area contributed by atoms with Gasteiger partial charge in [0, 0.05) is 22.7 Å². The van der Waals surface area contributed by atoms with Crippen LogP contribution in [-0.2, 0) is 21.2 Å². The average Bonchev–Trinajstić information content (AvgIpc) is 2.66. The first-order valence-corrected chi connectivity index (χ1v) is 7.96. The van der Waals surface area contributed by atoms with Crippen molar-refractivity contribution in [1.29, 1.82) is 0 Å². The third kappa shape index (κ3) is 2.97. The predicted octanol–water partition coefficient (Wildman–Crippen LogP) is 0.569. The number of nitrogens with two attached hydrogens (primary N) is 1. The molecular formula is C11H14BrN3O3S. The van der Waals surface area contributed by atoms with Gasteiger partial charge in [0.25, 0.3) is 0 Å². The molecule has 1 aliphatic heterocycles. The van der Waals surface area contributed by atoms with Crippen LogP contribution in [0.3, 0.4) is 0 Å². The lowest BCUT2D eigenvalue weighted by atomic mass is 10.2. The maximum Gasteiger partial charge on any atom is 0.241 e. The maximum absolute atomic E-state index is 12.2. The van der Waals surface area contributed by atoms with E-state index in [0.717, 1.165) is 0 Å². The molecule has 104 valence electrons. The van der Waals surface area contributed by atoms with Crippen LogP contribution in [0.1, 0.15) is 12.5 Å². The largest absolute Gasteiger partial charge is 0.329 e. The number of hydrogen-bond donors (Lipinski definition) is 3. The summed E-state index contributed by atoms with van der Waals surface area (Å²) in [7, 11) is -3.66. The lowest BCUT2D eigenvalue weighted by Gasteiger charge is -2.14. The summed E-state index contributed by atoms with van der Waals surface area (Å²) in [5.74, 6) is -0.139. The molecule has 1 atom stereocenters. The van der Waals surface area contributed by atoms with E-state index in [-0.39, 0.29) is 29.8 Å². The SMILES string of the molecule is CC(CN)NS(=O)(=O)c1cc2c(cc1Br)NC(=O)C2. The maximum atomic E-state index is 12.2. The molecule has 1 heterocycles. The molecule has 0 aromatic heterocycles. The van der Waals surface area contributed by atoms with Crippen molar-refractivity contribution >= 4 is 37.5 Å². The summed E-state index contributed by atoms with van der Waals surface area (Å²) in [6.07, 6.45) is 0.192. The molecule has 1 aliphatic rings. The molecule has 1 unspecified atom stereocenters. The summed E-state index contributed by atoms with van der Waals surface area (Å²) >= 11 is 3.22. The van der Waals surface area contributed by atoms with Crippen LogP contribution in [-0.4, -0.2) is 26.9 Å². The monoisotopic (exact) mass is 347 g/mol. The highest BCUT2D eigenvalue weighted by Crippen LogP contribution is 2.32. The molecule has 0 radical (unpaired) electrons. The zero-order valence-electron chi connectivity index (χ0n) is 10.2. The van der Waals surface area contributed by atoms with Gasteiger partial charge < -0.3 is 11.1 Å². The normalized spacial score (nSPS) is 16.1. The Morgan fingerprint density at radius 2 is 2.21 bits per heavy atom. The van der Waals surface area contributed by atoms with Gasteiger partial charge in [0.2, 0.25) is 15.9 Å². The van der Waals surface area contributed by atoms with E-state index in [0.29, 0.717) is 15.7 Å². The number of hydrogen-bond acceptors (Lipinski definition) is 4. The molecule has 8 heteroatoms. The van der Waals surface area contributed by atoms with Gasteiger partial charge >= 0.3 is 0 Å². The third-order valence-corrected chi connectivity index (χ3v) is 5.33. The Morgan fingerprint density at radius 1 is 1.53 bits per heavy atom. The second-order valence-electron chi connectivity index (χ2n) is 4.42. The summed E-state index contributed by atoms with van der Waals surface area (Å²) in [4.78, 5) is 11.4. The minimum Gasteiger partial charge on any atom is -0.329 e. The summed E-state index contributed by atoms with van der Waals surface area (Å²) < 4.78 is 27.3. The first kappa shape index (κ1) is 14.4. The van der Waals surface area contributed by atoms with Crippen molar-refractivity contribution in [1.82, 2.24) is 4.72 Å². The van der Waals surface area contributed by atoms with Crippen molar-refractivity contribution in [2.24, 2.45) is 5.73 Å². The predicted molar refractivity (Wildman–Crippen MR) is 75.3 cm³/mol. The van der Waals surface area contributed by atoms with Gasteiger partial charge in [-0.1, -0.05) is 0 Å². The molecule has 0 saturated carbocycles. The standard InChI is InChI=1S/C11H14BrN3O3S/c1-6(5-13)15-19(17,18)10-2-7-3-11(16)14-9(7)4-8(10)12/h2,4,6,15H,3,5,13H2,1H3,(H,14,16). The highest BCUT2D eigenvalue weighted by atomic mass is 79.9. The van der Waals surface area contributed by atoms with Gasteiger partial charge in [-0.05, 0) is 40.5 Å². The molecule has 2 rings (SSSR count). The van der Waals surface area contributed by atoms with Crippen molar-refractivity contribution in [2.75, 3.05) is 11.9 Å². The summed E-state index contributed by atoms with van der Waals surface area (Å²) in [5, 5.41) is 2.66. The molecule has 19 heavy (non-hydrogen) atoms. The second kappa shape index (κ2) is 5.20. The van der Waals surface area contributed by atoms with Gasteiger partial charge in [-0.3, -0.25) is 4.79 Å². The number of sulfonamides is 1. The Kier molecular flexibility index (Phi) is 3.95. The first-order valence-electron chi connectivity index (χ1n) is 5.68. The van der Waals surface area contributed by atoms with E-state index in [1.54, 1.807) is 13.0 Å². The van der Waals surface area contributed by atoms with Gasteiger partial charge in [0.1, 0.15) is 0 Å². The average molecular weight is 348 g/mol. The number of carbonyl (C=O) groups is 1. The third-order valence-electron chi connectivity index (χ3n) is 2.78. The van der Waals surface area contributed by atoms with Gasteiger partial charge in [0.15, 0.2) is 0 Å². The zero-order valence-corrected chi connectivity index (χ0v) is 12.6. The fourth-order valence-electron chi connectivity index (χ4n) is 1.81. The quantitative estimate of drug-likeness (QED) is 0.740. The Labute approximate surface area is 119 Å². The van der Waals surface area contributed by atoms with Crippen LogP contribution < -0.4 is 15.8 Å². The lowest BCUT2D eigenvalue weighted by molar-refractivity contribution is -0.115. The number of benzene rings is 1. The van der Waals surface area contributed by atoms with Gasteiger partial charge in [0.05, 0.1) is 11.3 Å². The molecule has 0 aliphatic carbocycles. The van der Waals surface area contributed by atoms with Crippen LogP contribution in [0.25, 0.3) is 0 Å². The number of fused-ring (bicyclic) bond motifs is 1. The van der Waals surface area contributed by atoms with Crippen LogP contribution in [0.2, 0.25) is 0 Å². The molecular weight excluding hydrogens is 334 g/mol. The van der Waals surface area contributed by atoms with Crippen LogP contribution in [0.15, 0.2) is 21.5 Å². The highest BCUT2D eigenvalue weighted by molar-refractivity contribution is 9.10. The van der Waals surface area contributed by atoms with Crippen molar-refractivity contribution in [2.45, 2.75) is 24.3 Å². The Morgan fingerprint density at radius 3 is 2.84 bits per heavy atom. The Bertz CT molecular complexity index is 630. The van der Waals surface area contributed by atoms with Gasteiger partial charge in [-0.2, -0.15) is 0 Å². The Hall–Kier alpha value is -0.960. The van der Waals surface area contributed by atoms with E-state index in [9.17, 15) is 13.2 Å². The van der Waals surface area contributed by atoms with Gasteiger partial charge in [-0.25, -0.2) is 13.1 Å². The van der Waals surface area contributed by atoms with Crippen LogP contribution in [0, 0.1) is 0 Å². The van der Waals surface area contributed by atoms with E-state index in [1.807, 2.05) is 0 Å². The highest BCUT2D eigenvalue weighted by Gasteiger charge is 2.25. The molecule has 1 aromatic rings. The van der Waals surface area contributed by atoms with E-state index in [1.165, 1.54) is 6.07 Å². The van der Waals surface area contributed by atoms with Crippen molar-refractivity contribution < 1.29 is 13.2 Å². The van der Waals surface area contributed by atoms with Crippen molar-refractivity contribution in [3.05, 3.63) is 22.2 Å². The second-order valence-corrected chi connectivity index (χ2v) is 6.96. The minimum absolute atomic E-state index is 0.114. The molecule has 0 spiro atoms. The van der Waals surface area contributed by atoms with Gasteiger partial charge in [-0.15, -0.1) is 0 Å². The van der Waals surface area contributed by atoms with Crippen LogP contribution in [0.4, 0.5) is 5.69 Å². The lowest BCUT2D eigenvalue weighted by Crippen LogP contribution is -2.37. The molecule has 1 aromatic carbocycles. The molecule has 0 fully saturated rings. The summed E-state index contributed by atoms with van der Waals surface area (Å²) in [6.45, 7) is 1.89. The topological polar surface area (TPSA) is 101 Å². The van der Waals surface area contributed by atoms with Crippen molar-refractivity contribution in [3.8, 4) is 0 Å². The van der Waals surface area contributed by atoms with E-state index in [2.05, 4.69) is 26.0 Å². The number of amides is 1. The molecule has 4 N–H and O–H groups in total. The van der Waals surface area contributed by atoms with E-state index in [4.69, 9.17) is 5.73 Å². The number of rotatable bonds is 4. The number of carbonyl (C=O) groups excluding carboxylic acids is 1. The molecule has 0 bridgehead atoms. The molecule has 1 amide bonds. The molecule has 0 saturated heterocycles. The van der Waals surface area contributed by atoms with Crippen molar-refractivity contribution in [3.63, 3.8) is 0 Å². The summed E-state index contributed by atoms with van der Waals surface area (Å²) in [5.41, 5.74) is 6.73. The Balaban J connectivity index is 2.41. The molecule has 6 nitrogen and oxygen atoms in total. The minimum atomic E-state index is -3.66. The number of anilines is 1. The fourth-order valence-corrected chi connectivity index (χ4v) is 4.16. The number of nitrogens with one attached hydrogen (secondary N) is 2. The number of halogens is 1. The zero-order chi connectivity index (χ0) is 14.2. The van der Waals surface area contributed by atoms with Crippen LogP contribution >= 0.6 is 15.9 Å². The fraction of sp³-hybridized carbons (Fsp3) is 0.364. The summed E-state index contributed by atoms with van der Waals surface area (Å²) in [6, 6.07) is 2.75. The van der Waals surface area contributed by atoms with Crippen LogP contribution in [0.5, 0.6) is 0 Å². The van der Waals surface area contributed by atoms with E-state index >= 15 is 0 Å².